The van der Waals surface area contributed by atoms with Gasteiger partial charge in [-0.25, -0.2) is 19.6 Å². The summed E-state index contributed by atoms with van der Waals surface area (Å²) in [5.41, 5.74) is 0.944. The molecule has 1 aliphatic heterocycles. The predicted octanol–water partition coefficient (Wildman–Crippen LogP) is 1.47. The van der Waals surface area contributed by atoms with Gasteiger partial charge in [-0.1, -0.05) is 0 Å². The lowest BCUT2D eigenvalue weighted by Gasteiger charge is -2.23. The summed E-state index contributed by atoms with van der Waals surface area (Å²) in [5.74, 6) is 2.30. The number of rotatable bonds is 4. The summed E-state index contributed by atoms with van der Waals surface area (Å²) < 4.78 is 7.04. The first-order chi connectivity index (χ1) is 9.76. The van der Waals surface area contributed by atoms with E-state index < -0.39 is 0 Å². The molecular formula is C13H18N6O. The summed E-state index contributed by atoms with van der Waals surface area (Å²) in [6, 6.07) is 1.98. The van der Waals surface area contributed by atoms with Crippen LogP contribution in [0.5, 0.6) is 0 Å². The Kier molecular flexibility index (Phi) is 3.60. The lowest BCUT2D eigenvalue weighted by molar-refractivity contribution is 0.177. The van der Waals surface area contributed by atoms with E-state index in [0.717, 1.165) is 36.7 Å². The third-order valence-electron chi connectivity index (χ3n) is 3.29. The monoisotopic (exact) mass is 274 g/mol. The summed E-state index contributed by atoms with van der Waals surface area (Å²) in [6.07, 6.45) is 3.82. The minimum absolute atomic E-state index is 0.101. The molecule has 7 heteroatoms. The molecule has 3 heterocycles. The van der Waals surface area contributed by atoms with Crippen LogP contribution in [0.3, 0.4) is 0 Å². The molecule has 0 amide bonds. The van der Waals surface area contributed by atoms with E-state index in [1.165, 1.54) is 0 Å². The lowest BCUT2D eigenvalue weighted by Crippen LogP contribution is -2.23. The molecule has 7 nitrogen and oxygen atoms in total. The fourth-order valence-electron chi connectivity index (χ4n) is 2.40. The molecule has 3 rings (SSSR count). The minimum atomic E-state index is 0.101. The van der Waals surface area contributed by atoms with E-state index >= 15 is 0 Å². The van der Waals surface area contributed by atoms with Gasteiger partial charge < -0.3 is 10.1 Å². The van der Waals surface area contributed by atoms with Crippen molar-refractivity contribution >= 4 is 5.95 Å². The van der Waals surface area contributed by atoms with Crippen LogP contribution in [0.25, 0.3) is 0 Å². The van der Waals surface area contributed by atoms with E-state index in [0.29, 0.717) is 12.6 Å². The van der Waals surface area contributed by atoms with Gasteiger partial charge in [0.05, 0.1) is 6.04 Å². The molecule has 1 aliphatic rings. The molecule has 1 N–H and O–H groups in total. The summed E-state index contributed by atoms with van der Waals surface area (Å²) in [5, 5.41) is 7.80. The Labute approximate surface area is 117 Å². The maximum absolute atomic E-state index is 5.09. The number of fused-ring (bicyclic) bond motifs is 1. The zero-order chi connectivity index (χ0) is 13.9. The van der Waals surface area contributed by atoms with Crippen LogP contribution in [0.1, 0.15) is 36.2 Å². The molecule has 2 aromatic rings. The topological polar surface area (TPSA) is 77.8 Å². The van der Waals surface area contributed by atoms with Crippen LogP contribution in [0.15, 0.2) is 12.3 Å². The minimum Gasteiger partial charge on any atom is -0.377 e. The largest absolute Gasteiger partial charge is 0.377 e. The number of anilines is 1. The first-order valence-electron chi connectivity index (χ1n) is 6.75. The standard InChI is InChI=1S/C13H18N6O/c1-9-5-6-14-13(15-9)16-10-4-3-7-19-12(10)17-11(18-19)8-20-2/h5-6,10H,3-4,7-8H2,1-2H3,(H,14,15,16). The first-order valence-corrected chi connectivity index (χ1v) is 6.75. The van der Waals surface area contributed by atoms with Gasteiger partial charge in [-0.05, 0) is 25.8 Å². The lowest BCUT2D eigenvalue weighted by atomic mass is 10.1. The number of hydrogen-bond acceptors (Lipinski definition) is 6. The summed E-state index contributed by atoms with van der Waals surface area (Å²) >= 11 is 0. The number of nitrogens with zero attached hydrogens (tertiary/aromatic N) is 5. The SMILES string of the molecule is COCc1nc2n(n1)CCCC2Nc1nccc(C)n1. The second-order valence-corrected chi connectivity index (χ2v) is 4.90. The predicted molar refractivity (Wildman–Crippen MR) is 73.1 cm³/mol. The zero-order valence-corrected chi connectivity index (χ0v) is 11.7. The van der Waals surface area contributed by atoms with E-state index in [1.54, 1.807) is 13.3 Å². The molecule has 0 aromatic carbocycles. The number of aryl methyl sites for hydroxylation is 2. The van der Waals surface area contributed by atoms with Crippen molar-refractivity contribution in [2.75, 3.05) is 12.4 Å². The van der Waals surface area contributed by atoms with Crippen molar-refractivity contribution in [3.8, 4) is 0 Å². The van der Waals surface area contributed by atoms with Crippen molar-refractivity contribution in [1.82, 2.24) is 24.7 Å². The molecule has 0 radical (unpaired) electrons. The average Bonchev–Trinajstić information content (AvgIpc) is 2.83. The van der Waals surface area contributed by atoms with Crippen LogP contribution < -0.4 is 5.32 Å². The number of nitrogens with one attached hydrogen (secondary N) is 1. The van der Waals surface area contributed by atoms with Crippen molar-refractivity contribution in [1.29, 1.82) is 0 Å². The third kappa shape index (κ3) is 2.62. The van der Waals surface area contributed by atoms with E-state index in [9.17, 15) is 0 Å². The molecule has 0 spiro atoms. The molecule has 0 aliphatic carbocycles. The van der Waals surface area contributed by atoms with Gasteiger partial charge in [-0.3, -0.25) is 0 Å². The van der Waals surface area contributed by atoms with E-state index in [4.69, 9.17) is 4.74 Å². The summed E-state index contributed by atoms with van der Waals surface area (Å²) in [6.45, 7) is 3.29. The molecule has 1 atom stereocenters. The van der Waals surface area contributed by atoms with Gasteiger partial charge in [0.15, 0.2) is 5.82 Å². The number of ether oxygens (including phenoxy) is 1. The molecule has 20 heavy (non-hydrogen) atoms. The van der Waals surface area contributed by atoms with Gasteiger partial charge in [0.2, 0.25) is 5.95 Å². The van der Waals surface area contributed by atoms with Crippen LogP contribution in [0.4, 0.5) is 5.95 Å². The maximum Gasteiger partial charge on any atom is 0.223 e. The smallest absolute Gasteiger partial charge is 0.223 e. The Morgan fingerprint density at radius 2 is 2.35 bits per heavy atom. The zero-order valence-electron chi connectivity index (χ0n) is 11.7. The third-order valence-corrected chi connectivity index (χ3v) is 3.29. The highest BCUT2D eigenvalue weighted by Gasteiger charge is 2.24. The number of aromatic nitrogens is 5. The van der Waals surface area contributed by atoms with Crippen molar-refractivity contribution < 1.29 is 4.74 Å². The highest BCUT2D eigenvalue weighted by Crippen LogP contribution is 2.26. The van der Waals surface area contributed by atoms with Crippen molar-refractivity contribution in [2.24, 2.45) is 0 Å². The van der Waals surface area contributed by atoms with Crippen molar-refractivity contribution in [3.05, 3.63) is 29.6 Å². The average molecular weight is 274 g/mol. The molecular weight excluding hydrogens is 256 g/mol. The van der Waals surface area contributed by atoms with Gasteiger partial charge >= 0.3 is 0 Å². The summed E-state index contributed by atoms with van der Waals surface area (Å²) in [7, 11) is 1.65. The van der Waals surface area contributed by atoms with E-state index in [1.807, 2.05) is 17.7 Å². The van der Waals surface area contributed by atoms with E-state index in [2.05, 4.69) is 25.4 Å². The fraction of sp³-hybridized carbons (Fsp3) is 0.538. The Balaban J connectivity index is 1.82. The maximum atomic E-state index is 5.09. The number of hydrogen-bond donors (Lipinski definition) is 1. The molecule has 0 fully saturated rings. The number of methoxy groups -OCH3 is 1. The fourth-order valence-corrected chi connectivity index (χ4v) is 2.40. The van der Waals surface area contributed by atoms with Gasteiger partial charge in [-0.2, -0.15) is 5.10 Å². The van der Waals surface area contributed by atoms with E-state index in [-0.39, 0.29) is 6.04 Å². The Morgan fingerprint density at radius 3 is 3.15 bits per heavy atom. The van der Waals surface area contributed by atoms with Crippen molar-refractivity contribution in [2.45, 2.75) is 39.0 Å². The summed E-state index contributed by atoms with van der Waals surface area (Å²) in [4.78, 5) is 13.2. The van der Waals surface area contributed by atoms with Crippen molar-refractivity contribution in [3.63, 3.8) is 0 Å². The van der Waals surface area contributed by atoms with Gasteiger partial charge in [0, 0.05) is 25.5 Å². The van der Waals surface area contributed by atoms with Crippen LogP contribution in [-0.4, -0.2) is 31.8 Å². The van der Waals surface area contributed by atoms with Crippen LogP contribution >= 0.6 is 0 Å². The quantitative estimate of drug-likeness (QED) is 0.909. The van der Waals surface area contributed by atoms with Gasteiger partial charge in [0.1, 0.15) is 12.4 Å². The molecule has 1 unspecified atom stereocenters. The van der Waals surface area contributed by atoms with Crippen LogP contribution in [0.2, 0.25) is 0 Å². The van der Waals surface area contributed by atoms with Gasteiger partial charge in [0.25, 0.3) is 0 Å². The highest BCUT2D eigenvalue weighted by atomic mass is 16.5. The Morgan fingerprint density at radius 1 is 1.45 bits per heavy atom. The molecule has 0 saturated heterocycles. The first kappa shape index (κ1) is 13.0. The Hall–Kier alpha value is -2.02. The molecule has 106 valence electrons. The van der Waals surface area contributed by atoms with Gasteiger partial charge in [-0.15, -0.1) is 0 Å². The normalized spacial score (nSPS) is 17.8. The van der Waals surface area contributed by atoms with Crippen LogP contribution in [-0.2, 0) is 17.9 Å². The Bertz CT molecular complexity index is 596. The van der Waals surface area contributed by atoms with Crippen LogP contribution in [0, 0.1) is 6.92 Å². The molecule has 0 bridgehead atoms. The molecule has 2 aromatic heterocycles. The second-order valence-electron chi connectivity index (χ2n) is 4.90. The molecule has 0 saturated carbocycles. The second kappa shape index (κ2) is 5.54. The highest BCUT2D eigenvalue weighted by molar-refractivity contribution is 5.28.